The highest BCUT2D eigenvalue weighted by Gasteiger charge is 2.36. The molecule has 3 atom stereocenters. The van der Waals surface area contributed by atoms with Gasteiger partial charge in [-0.1, -0.05) is 30.7 Å². The zero-order valence-corrected chi connectivity index (χ0v) is 12.1. The van der Waals surface area contributed by atoms with Gasteiger partial charge in [0.15, 0.2) is 0 Å². The van der Waals surface area contributed by atoms with Crippen molar-refractivity contribution in [2.75, 3.05) is 6.54 Å². The summed E-state index contributed by atoms with van der Waals surface area (Å²) in [5.41, 5.74) is 0.827. The van der Waals surface area contributed by atoms with E-state index in [4.69, 9.17) is 11.6 Å². The minimum absolute atomic E-state index is 0.0253. The standard InChI is InChI=1S/C15H20ClNO2/c1-3-10(2)17-9-12(8-14(17)18)15(19)11-4-6-13(16)7-5-11/h4-7,10,12,15,19H,3,8-9H2,1-2H3. The lowest BCUT2D eigenvalue weighted by atomic mass is 9.95. The molecule has 0 aliphatic carbocycles. The Morgan fingerprint density at radius 3 is 2.63 bits per heavy atom. The van der Waals surface area contributed by atoms with E-state index in [1.807, 2.05) is 17.0 Å². The summed E-state index contributed by atoms with van der Waals surface area (Å²) in [7, 11) is 0. The van der Waals surface area contributed by atoms with Crippen molar-refractivity contribution in [1.29, 1.82) is 0 Å². The largest absolute Gasteiger partial charge is 0.388 e. The molecule has 1 fully saturated rings. The second-order valence-corrected chi connectivity index (χ2v) is 5.70. The van der Waals surface area contributed by atoms with Crippen LogP contribution in [0.5, 0.6) is 0 Å². The summed E-state index contributed by atoms with van der Waals surface area (Å²) in [5, 5.41) is 11.0. The van der Waals surface area contributed by atoms with Crippen molar-refractivity contribution < 1.29 is 9.90 Å². The van der Waals surface area contributed by atoms with Gasteiger partial charge in [0.05, 0.1) is 6.10 Å². The molecule has 19 heavy (non-hydrogen) atoms. The molecule has 1 amide bonds. The van der Waals surface area contributed by atoms with Gasteiger partial charge >= 0.3 is 0 Å². The maximum Gasteiger partial charge on any atom is 0.223 e. The number of aliphatic hydroxyl groups is 1. The number of carbonyl (C=O) groups is 1. The summed E-state index contributed by atoms with van der Waals surface area (Å²) in [4.78, 5) is 13.8. The molecule has 1 N–H and O–H groups in total. The van der Waals surface area contributed by atoms with Gasteiger partial charge in [0.25, 0.3) is 0 Å². The van der Waals surface area contributed by atoms with Gasteiger partial charge in [-0.05, 0) is 31.0 Å². The van der Waals surface area contributed by atoms with Crippen LogP contribution in [0.4, 0.5) is 0 Å². The summed E-state index contributed by atoms with van der Waals surface area (Å²) in [5.74, 6) is 0.120. The van der Waals surface area contributed by atoms with Gasteiger partial charge in [0.1, 0.15) is 0 Å². The van der Waals surface area contributed by atoms with Crippen LogP contribution in [-0.4, -0.2) is 28.5 Å². The first kappa shape index (κ1) is 14.4. The van der Waals surface area contributed by atoms with Crippen LogP contribution in [0.15, 0.2) is 24.3 Å². The number of rotatable bonds is 4. The molecule has 0 aromatic heterocycles. The van der Waals surface area contributed by atoms with Crippen LogP contribution < -0.4 is 0 Å². The molecule has 4 heteroatoms. The summed E-state index contributed by atoms with van der Waals surface area (Å²) in [6.45, 7) is 4.76. The van der Waals surface area contributed by atoms with Crippen LogP contribution in [-0.2, 0) is 4.79 Å². The maximum absolute atomic E-state index is 12.0. The Morgan fingerprint density at radius 2 is 2.05 bits per heavy atom. The Hall–Kier alpha value is -1.06. The fourth-order valence-corrected chi connectivity index (χ4v) is 2.68. The topological polar surface area (TPSA) is 40.5 Å². The SMILES string of the molecule is CCC(C)N1CC(C(O)c2ccc(Cl)cc2)CC1=O. The lowest BCUT2D eigenvalue weighted by molar-refractivity contribution is -0.129. The molecule has 1 aliphatic rings. The first-order valence-electron chi connectivity index (χ1n) is 6.76. The van der Waals surface area contributed by atoms with E-state index in [1.165, 1.54) is 0 Å². The van der Waals surface area contributed by atoms with E-state index in [0.717, 1.165) is 12.0 Å². The number of amides is 1. The lowest BCUT2D eigenvalue weighted by Gasteiger charge is -2.24. The van der Waals surface area contributed by atoms with E-state index < -0.39 is 6.10 Å². The Morgan fingerprint density at radius 1 is 1.42 bits per heavy atom. The molecule has 0 spiro atoms. The van der Waals surface area contributed by atoms with E-state index in [2.05, 4.69) is 13.8 Å². The average Bonchev–Trinajstić information content (AvgIpc) is 2.80. The zero-order valence-electron chi connectivity index (χ0n) is 11.3. The van der Waals surface area contributed by atoms with Gasteiger partial charge in [-0.25, -0.2) is 0 Å². The van der Waals surface area contributed by atoms with E-state index in [-0.39, 0.29) is 17.9 Å². The normalized spacial score (nSPS) is 22.6. The predicted molar refractivity (Wildman–Crippen MR) is 76.0 cm³/mol. The second kappa shape index (κ2) is 5.93. The quantitative estimate of drug-likeness (QED) is 0.922. The third kappa shape index (κ3) is 3.10. The summed E-state index contributed by atoms with van der Waals surface area (Å²) >= 11 is 5.84. The third-order valence-electron chi connectivity index (χ3n) is 3.97. The second-order valence-electron chi connectivity index (χ2n) is 5.26. The molecule has 1 saturated heterocycles. The van der Waals surface area contributed by atoms with Gasteiger partial charge in [-0.15, -0.1) is 0 Å². The van der Waals surface area contributed by atoms with E-state index in [0.29, 0.717) is 18.0 Å². The van der Waals surface area contributed by atoms with Gasteiger partial charge in [-0.3, -0.25) is 4.79 Å². The van der Waals surface area contributed by atoms with E-state index in [9.17, 15) is 9.90 Å². The minimum Gasteiger partial charge on any atom is -0.388 e. The first-order chi connectivity index (χ1) is 9.02. The van der Waals surface area contributed by atoms with Crippen molar-refractivity contribution >= 4 is 17.5 Å². The smallest absolute Gasteiger partial charge is 0.223 e. The zero-order chi connectivity index (χ0) is 14.0. The summed E-state index contributed by atoms with van der Waals surface area (Å²) in [6, 6.07) is 7.43. The van der Waals surface area contributed by atoms with Gasteiger partial charge in [0, 0.05) is 29.9 Å². The molecule has 1 aromatic rings. The molecule has 0 radical (unpaired) electrons. The van der Waals surface area contributed by atoms with Crippen molar-refractivity contribution in [2.45, 2.75) is 38.8 Å². The number of hydrogen-bond donors (Lipinski definition) is 1. The highest BCUT2D eigenvalue weighted by atomic mass is 35.5. The van der Waals surface area contributed by atoms with Crippen LogP contribution in [0.1, 0.15) is 38.4 Å². The molecule has 0 bridgehead atoms. The van der Waals surface area contributed by atoms with Crippen LogP contribution in [0.2, 0.25) is 5.02 Å². The van der Waals surface area contributed by atoms with Crippen molar-refractivity contribution in [3.63, 3.8) is 0 Å². The monoisotopic (exact) mass is 281 g/mol. The summed E-state index contributed by atoms with van der Waals surface area (Å²) < 4.78 is 0. The first-order valence-corrected chi connectivity index (χ1v) is 7.13. The van der Waals surface area contributed by atoms with Crippen molar-refractivity contribution in [1.82, 2.24) is 4.90 Å². The number of likely N-dealkylation sites (tertiary alicyclic amines) is 1. The fraction of sp³-hybridized carbons (Fsp3) is 0.533. The van der Waals surface area contributed by atoms with Gasteiger partial charge < -0.3 is 10.0 Å². The Bertz CT molecular complexity index is 446. The highest BCUT2D eigenvalue weighted by Crippen LogP contribution is 2.32. The van der Waals surface area contributed by atoms with Crippen molar-refractivity contribution in [3.05, 3.63) is 34.9 Å². The van der Waals surface area contributed by atoms with Crippen LogP contribution in [0, 0.1) is 5.92 Å². The molecular weight excluding hydrogens is 262 g/mol. The molecule has 2 rings (SSSR count). The van der Waals surface area contributed by atoms with Gasteiger partial charge in [0.2, 0.25) is 5.91 Å². The van der Waals surface area contributed by atoms with Crippen molar-refractivity contribution in [2.24, 2.45) is 5.92 Å². The van der Waals surface area contributed by atoms with Gasteiger partial charge in [-0.2, -0.15) is 0 Å². The predicted octanol–water partition coefficient (Wildman–Crippen LogP) is 3.02. The number of aliphatic hydroxyl groups excluding tert-OH is 1. The molecular formula is C15H20ClNO2. The molecule has 1 aliphatic heterocycles. The maximum atomic E-state index is 12.0. The molecule has 1 aromatic carbocycles. The molecule has 0 saturated carbocycles. The molecule has 104 valence electrons. The molecule has 3 nitrogen and oxygen atoms in total. The number of hydrogen-bond acceptors (Lipinski definition) is 2. The number of halogens is 1. The molecule has 1 heterocycles. The highest BCUT2D eigenvalue weighted by molar-refractivity contribution is 6.30. The fourth-order valence-electron chi connectivity index (χ4n) is 2.55. The Labute approximate surface area is 119 Å². The van der Waals surface area contributed by atoms with E-state index >= 15 is 0 Å². The van der Waals surface area contributed by atoms with Crippen LogP contribution in [0.3, 0.4) is 0 Å². The minimum atomic E-state index is -0.602. The third-order valence-corrected chi connectivity index (χ3v) is 4.22. The number of nitrogens with zero attached hydrogens (tertiary/aromatic N) is 1. The van der Waals surface area contributed by atoms with Crippen molar-refractivity contribution in [3.8, 4) is 0 Å². The molecule has 3 unspecified atom stereocenters. The lowest BCUT2D eigenvalue weighted by Crippen LogP contribution is -2.34. The number of carbonyl (C=O) groups excluding carboxylic acids is 1. The van der Waals surface area contributed by atoms with Crippen LogP contribution >= 0.6 is 11.6 Å². The summed E-state index contributed by atoms with van der Waals surface area (Å²) in [6.07, 6.45) is 0.763. The van der Waals surface area contributed by atoms with Crippen LogP contribution in [0.25, 0.3) is 0 Å². The average molecular weight is 282 g/mol. The van der Waals surface area contributed by atoms with E-state index in [1.54, 1.807) is 12.1 Å². The Kier molecular flexibility index (Phi) is 4.48. The number of benzene rings is 1. The Balaban J connectivity index is 2.07.